The highest BCUT2D eigenvalue weighted by Gasteiger charge is 2.40. The number of halogens is 2. The smallest absolute Gasteiger partial charge is 0.336 e. The van der Waals surface area contributed by atoms with Gasteiger partial charge in [-0.15, -0.1) is 0 Å². The molecule has 1 aliphatic heterocycles. The number of esters is 1. The average molecular weight is 438 g/mol. The number of carbonyl (C=O) groups excluding carboxylic acids is 2. The standard InChI is InChI=1S/C22H25Cl2NO4/c1-12(2)28-10-11-29-22(27)18-13(3)25-16-8-5-9-17(26)20(16)19(18)14-6-4-7-15(23)21(14)24/h4,6-7,12,19,25H,5,8-11H2,1-3H3/t19-/m1/s1. The lowest BCUT2D eigenvalue weighted by Crippen LogP contribution is -2.34. The highest BCUT2D eigenvalue weighted by molar-refractivity contribution is 6.42. The molecule has 0 radical (unpaired) electrons. The van der Waals surface area contributed by atoms with Crippen molar-refractivity contribution >= 4 is 35.0 Å². The fourth-order valence-electron chi connectivity index (χ4n) is 3.80. The first-order valence-electron chi connectivity index (χ1n) is 9.78. The molecule has 0 unspecified atom stereocenters. The van der Waals surface area contributed by atoms with Crippen LogP contribution in [0.15, 0.2) is 40.7 Å². The summed E-state index contributed by atoms with van der Waals surface area (Å²) in [7, 11) is 0. The molecule has 7 heteroatoms. The monoisotopic (exact) mass is 437 g/mol. The molecule has 0 saturated heterocycles. The molecule has 156 valence electrons. The van der Waals surface area contributed by atoms with E-state index in [4.69, 9.17) is 32.7 Å². The van der Waals surface area contributed by atoms with Crippen LogP contribution in [0.5, 0.6) is 0 Å². The summed E-state index contributed by atoms with van der Waals surface area (Å²) >= 11 is 12.7. The molecule has 0 fully saturated rings. The first-order chi connectivity index (χ1) is 13.8. The van der Waals surface area contributed by atoms with Crippen LogP contribution in [0.4, 0.5) is 0 Å². The molecule has 0 amide bonds. The largest absolute Gasteiger partial charge is 0.460 e. The summed E-state index contributed by atoms with van der Waals surface area (Å²) < 4.78 is 10.9. The molecule has 3 rings (SSSR count). The van der Waals surface area contributed by atoms with Gasteiger partial charge in [0.15, 0.2) is 5.78 Å². The minimum Gasteiger partial charge on any atom is -0.460 e. The van der Waals surface area contributed by atoms with Crippen molar-refractivity contribution in [1.29, 1.82) is 0 Å². The Morgan fingerprint density at radius 2 is 2.00 bits per heavy atom. The van der Waals surface area contributed by atoms with Gasteiger partial charge >= 0.3 is 5.97 Å². The molecular weight excluding hydrogens is 413 g/mol. The second-order valence-corrected chi connectivity index (χ2v) is 8.25. The molecule has 5 nitrogen and oxygen atoms in total. The molecule has 0 aromatic heterocycles. The predicted octanol–water partition coefficient (Wildman–Crippen LogP) is 4.93. The number of allylic oxidation sites excluding steroid dienone is 3. The number of Topliss-reactive ketones (excluding diaryl/α,β-unsaturated/α-hetero) is 1. The van der Waals surface area contributed by atoms with Crippen molar-refractivity contribution in [3.63, 3.8) is 0 Å². The minimum atomic E-state index is -0.608. The van der Waals surface area contributed by atoms with E-state index >= 15 is 0 Å². The van der Waals surface area contributed by atoms with Crippen LogP contribution >= 0.6 is 23.2 Å². The van der Waals surface area contributed by atoms with Crippen molar-refractivity contribution in [2.45, 2.75) is 52.1 Å². The number of hydrogen-bond acceptors (Lipinski definition) is 5. The lowest BCUT2D eigenvalue weighted by Gasteiger charge is -2.34. The first kappa shape index (κ1) is 21.9. The van der Waals surface area contributed by atoms with E-state index in [0.717, 1.165) is 18.5 Å². The molecule has 0 bridgehead atoms. The molecule has 1 heterocycles. The quantitative estimate of drug-likeness (QED) is 0.504. The maximum absolute atomic E-state index is 13.0. The zero-order valence-electron chi connectivity index (χ0n) is 16.8. The van der Waals surface area contributed by atoms with Crippen LogP contribution in [0, 0.1) is 0 Å². The van der Waals surface area contributed by atoms with Gasteiger partial charge in [-0.1, -0.05) is 35.3 Å². The van der Waals surface area contributed by atoms with Gasteiger partial charge in [-0.05, 0) is 45.2 Å². The highest BCUT2D eigenvalue weighted by atomic mass is 35.5. The third-order valence-corrected chi connectivity index (χ3v) is 5.89. The fraction of sp³-hybridized carbons (Fsp3) is 0.455. The zero-order chi connectivity index (χ0) is 21.1. The Hall–Kier alpha value is -1.82. The molecule has 0 saturated carbocycles. The van der Waals surface area contributed by atoms with Crippen LogP contribution in [0.3, 0.4) is 0 Å². The average Bonchev–Trinajstić information content (AvgIpc) is 2.66. The Morgan fingerprint density at radius 1 is 1.24 bits per heavy atom. The molecule has 1 atom stereocenters. The Kier molecular flexibility index (Phi) is 7.04. The van der Waals surface area contributed by atoms with E-state index in [0.29, 0.717) is 45.5 Å². The number of rotatable bonds is 6. The van der Waals surface area contributed by atoms with Crippen LogP contribution in [-0.4, -0.2) is 31.1 Å². The van der Waals surface area contributed by atoms with Crippen LogP contribution in [0.25, 0.3) is 0 Å². The summed E-state index contributed by atoms with van der Waals surface area (Å²) in [6.07, 6.45) is 2.02. The number of carbonyl (C=O) groups is 2. The number of nitrogens with one attached hydrogen (secondary N) is 1. The Morgan fingerprint density at radius 3 is 2.72 bits per heavy atom. The second kappa shape index (κ2) is 9.33. The number of ketones is 1. The van der Waals surface area contributed by atoms with E-state index in [1.807, 2.05) is 20.8 Å². The van der Waals surface area contributed by atoms with Crippen molar-refractivity contribution in [3.8, 4) is 0 Å². The number of benzene rings is 1. The van der Waals surface area contributed by atoms with E-state index in [9.17, 15) is 9.59 Å². The third-order valence-electron chi connectivity index (χ3n) is 5.06. The van der Waals surface area contributed by atoms with Crippen molar-refractivity contribution in [1.82, 2.24) is 5.32 Å². The van der Waals surface area contributed by atoms with Gasteiger partial charge in [0.2, 0.25) is 0 Å². The van der Waals surface area contributed by atoms with Crippen LogP contribution < -0.4 is 5.32 Å². The lowest BCUT2D eigenvalue weighted by atomic mass is 9.75. The van der Waals surface area contributed by atoms with Crippen molar-refractivity contribution in [2.75, 3.05) is 13.2 Å². The van der Waals surface area contributed by atoms with E-state index in [1.165, 1.54) is 0 Å². The van der Waals surface area contributed by atoms with E-state index in [1.54, 1.807) is 18.2 Å². The van der Waals surface area contributed by atoms with Crippen LogP contribution in [0.2, 0.25) is 10.0 Å². The number of ether oxygens (including phenoxy) is 2. The zero-order valence-corrected chi connectivity index (χ0v) is 18.3. The summed E-state index contributed by atoms with van der Waals surface area (Å²) in [5.41, 5.74) is 3.10. The second-order valence-electron chi connectivity index (χ2n) is 7.46. The molecule has 2 aliphatic rings. The number of dihydropyridines is 1. The van der Waals surface area contributed by atoms with Gasteiger partial charge < -0.3 is 14.8 Å². The Labute approximate surface area is 181 Å². The molecule has 1 aliphatic carbocycles. The van der Waals surface area contributed by atoms with Crippen molar-refractivity contribution in [2.24, 2.45) is 0 Å². The summed E-state index contributed by atoms with van der Waals surface area (Å²) in [4.78, 5) is 25.9. The van der Waals surface area contributed by atoms with Crippen LogP contribution in [-0.2, 0) is 19.1 Å². The minimum absolute atomic E-state index is 0.0146. The predicted molar refractivity (Wildman–Crippen MR) is 113 cm³/mol. The summed E-state index contributed by atoms with van der Waals surface area (Å²) in [5, 5.41) is 3.97. The van der Waals surface area contributed by atoms with Gasteiger partial charge in [0.05, 0.1) is 28.3 Å². The molecule has 29 heavy (non-hydrogen) atoms. The topological polar surface area (TPSA) is 64.6 Å². The van der Waals surface area contributed by atoms with Gasteiger partial charge in [0.1, 0.15) is 6.61 Å². The van der Waals surface area contributed by atoms with Gasteiger partial charge in [-0.2, -0.15) is 0 Å². The summed E-state index contributed by atoms with van der Waals surface area (Å²) in [6.45, 7) is 6.08. The van der Waals surface area contributed by atoms with E-state index in [-0.39, 0.29) is 18.5 Å². The van der Waals surface area contributed by atoms with E-state index in [2.05, 4.69) is 5.32 Å². The van der Waals surface area contributed by atoms with Gasteiger partial charge in [0.25, 0.3) is 0 Å². The maximum atomic E-state index is 13.0. The first-order valence-corrected chi connectivity index (χ1v) is 10.5. The third kappa shape index (κ3) is 4.68. The molecule has 1 N–H and O–H groups in total. The molecule has 1 aromatic rings. The SMILES string of the molecule is CC1=C(C(=O)OCCOC(C)C)[C@@H](c2cccc(Cl)c2Cl)C2=C(CCCC2=O)N1. The molecule has 0 spiro atoms. The lowest BCUT2D eigenvalue weighted by molar-refractivity contribution is -0.141. The normalized spacial score (nSPS) is 19.4. The Bertz CT molecular complexity index is 889. The fourth-order valence-corrected chi connectivity index (χ4v) is 4.22. The van der Waals surface area contributed by atoms with Crippen LogP contribution in [0.1, 0.15) is 51.5 Å². The van der Waals surface area contributed by atoms with Gasteiger partial charge in [-0.25, -0.2) is 4.79 Å². The van der Waals surface area contributed by atoms with Crippen molar-refractivity contribution in [3.05, 3.63) is 56.3 Å². The van der Waals surface area contributed by atoms with Crippen molar-refractivity contribution < 1.29 is 19.1 Å². The van der Waals surface area contributed by atoms with E-state index < -0.39 is 11.9 Å². The molecular formula is C22H25Cl2NO4. The van der Waals surface area contributed by atoms with Gasteiger partial charge in [0, 0.05) is 29.3 Å². The summed E-state index contributed by atoms with van der Waals surface area (Å²) in [6, 6.07) is 5.26. The molecule has 1 aromatic carbocycles. The van der Waals surface area contributed by atoms with Gasteiger partial charge in [-0.3, -0.25) is 4.79 Å². The summed E-state index contributed by atoms with van der Waals surface area (Å²) in [5.74, 6) is -1.09. The number of hydrogen-bond donors (Lipinski definition) is 1. The maximum Gasteiger partial charge on any atom is 0.336 e. The highest BCUT2D eigenvalue weighted by Crippen LogP contribution is 2.45. The Balaban J connectivity index is 2.00.